The quantitative estimate of drug-likeness (QED) is 0.455. The summed E-state index contributed by atoms with van der Waals surface area (Å²) in [5.41, 5.74) is 0.785. The van der Waals surface area contributed by atoms with Crippen LogP contribution in [0.25, 0.3) is 6.08 Å². The Kier molecular flexibility index (Phi) is 6.83. The van der Waals surface area contributed by atoms with Crippen LogP contribution in [0.1, 0.15) is 36.3 Å². The lowest BCUT2D eigenvalue weighted by Gasteiger charge is -2.38. The van der Waals surface area contributed by atoms with E-state index in [4.69, 9.17) is 0 Å². The number of hydrogen-bond donors (Lipinski definition) is 0. The largest absolute Gasteiger partial charge is 0.252 e. The zero-order valence-electron chi connectivity index (χ0n) is 17.2. The van der Waals surface area contributed by atoms with E-state index in [9.17, 15) is 19.3 Å². The highest BCUT2D eigenvalue weighted by Crippen LogP contribution is 2.50. The first-order chi connectivity index (χ1) is 14.9. The van der Waals surface area contributed by atoms with Crippen molar-refractivity contribution in [2.75, 3.05) is 0 Å². The first-order valence-corrected chi connectivity index (χ1v) is 10.2. The summed E-state index contributed by atoms with van der Waals surface area (Å²) in [6, 6.07) is 23.3. The molecule has 0 radical (unpaired) electrons. The SMILES string of the molecule is C=CCC(C#N)(C#N)C1=CCC(F)(F)CC1[C@@H](/C=C/c1ccccc1)c1ccccc1. The van der Waals surface area contributed by atoms with Gasteiger partial charge in [0.2, 0.25) is 0 Å². The van der Waals surface area contributed by atoms with E-state index in [-0.39, 0.29) is 6.42 Å². The van der Waals surface area contributed by atoms with E-state index in [2.05, 4.69) is 18.7 Å². The number of halogens is 2. The molecule has 2 atom stereocenters. The molecular formula is C27H24F2N2. The van der Waals surface area contributed by atoms with E-state index >= 15 is 0 Å². The average Bonchev–Trinajstić information content (AvgIpc) is 2.79. The van der Waals surface area contributed by atoms with Crippen LogP contribution in [-0.4, -0.2) is 5.92 Å². The molecule has 4 heteroatoms. The molecular weight excluding hydrogens is 390 g/mol. The van der Waals surface area contributed by atoms with Gasteiger partial charge < -0.3 is 0 Å². The van der Waals surface area contributed by atoms with Crippen molar-refractivity contribution >= 4 is 6.08 Å². The Morgan fingerprint density at radius 1 is 1.06 bits per heavy atom. The third-order valence-corrected chi connectivity index (χ3v) is 5.78. The molecule has 1 aliphatic rings. The van der Waals surface area contributed by atoms with Gasteiger partial charge in [-0.2, -0.15) is 10.5 Å². The van der Waals surface area contributed by atoms with Crippen molar-refractivity contribution in [3.8, 4) is 12.1 Å². The lowest BCUT2D eigenvalue weighted by molar-refractivity contribution is -0.0256. The van der Waals surface area contributed by atoms with Crippen LogP contribution in [-0.2, 0) is 0 Å². The van der Waals surface area contributed by atoms with Crippen LogP contribution in [0.15, 0.2) is 91.0 Å². The molecule has 1 unspecified atom stereocenters. The van der Waals surface area contributed by atoms with Gasteiger partial charge in [0, 0.05) is 25.2 Å². The van der Waals surface area contributed by atoms with Gasteiger partial charge in [0.25, 0.3) is 5.92 Å². The Hall–Kier alpha value is -3.50. The van der Waals surface area contributed by atoms with Gasteiger partial charge in [0.15, 0.2) is 5.41 Å². The molecule has 0 aliphatic heterocycles. The molecule has 0 saturated carbocycles. The van der Waals surface area contributed by atoms with Crippen molar-refractivity contribution in [1.29, 1.82) is 10.5 Å². The Labute approximate surface area is 182 Å². The maximum atomic E-state index is 14.6. The fourth-order valence-corrected chi connectivity index (χ4v) is 4.25. The number of allylic oxidation sites excluding steroid dienone is 4. The predicted octanol–water partition coefficient (Wildman–Crippen LogP) is 7.06. The summed E-state index contributed by atoms with van der Waals surface area (Å²) in [5, 5.41) is 19.8. The summed E-state index contributed by atoms with van der Waals surface area (Å²) in [7, 11) is 0. The Morgan fingerprint density at radius 3 is 2.26 bits per heavy atom. The standard InChI is InChI=1S/C27H24F2N2/c1-2-16-26(19-30,20-31)25-15-17-27(28,29)18-24(25)23(22-11-7-4-8-12-22)14-13-21-9-5-3-6-10-21/h2-15,23-24H,1,16-18H2/b14-13+/t23-,24?/m0/s1. The number of hydrogen-bond acceptors (Lipinski definition) is 2. The molecule has 156 valence electrons. The van der Waals surface area contributed by atoms with Crippen molar-refractivity contribution in [2.24, 2.45) is 11.3 Å². The number of alkyl halides is 2. The summed E-state index contributed by atoms with van der Waals surface area (Å²) < 4.78 is 29.2. The van der Waals surface area contributed by atoms with Crippen LogP contribution >= 0.6 is 0 Å². The monoisotopic (exact) mass is 414 g/mol. The highest BCUT2D eigenvalue weighted by Gasteiger charge is 2.47. The van der Waals surface area contributed by atoms with Crippen LogP contribution in [0, 0.1) is 34.0 Å². The minimum Gasteiger partial charge on any atom is -0.207 e. The highest BCUT2D eigenvalue weighted by molar-refractivity contribution is 5.52. The van der Waals surface area contributed by atoms with Crippen LogP contribution in [0.5, 0.6) is 0 Å². The molecule has 0 saturated heterocycles. The summed E-state index contributed by atoms with van der Waals surface area (Å²) in [5.74, 6) is -4.00. The fourth-order valence-electron chi connectivity index (χ4n) is 4.25. The second kappa shape index (κ2) is 9.54. The van der Waals surface area contributed by atoms with Gasteiger partial charge in [0.1, 0.15) is 0 Å². The molecule has 0 aromatic heterocycles. The van der Waals surface area contributed by atoms with Crippen LogP contribution < -0.4 is 0 Å². The maximum absolute atomic E-state index is 14.6. The topological polar surface area (TPSA) is 47.6 Å². The molecule has 0 amide bonds. The van der Waals surface area contributed by atoms with E-state index in [1.54, 1.807) is 0 Å². The molecule has 1 aliphatic carbocycles. The fraction of sp³-hybridized carbons (Fsp3) is 0.259. The number of rotatable bonds is 7. The van der Waals surface area contributed by atoms with E-state index in [0.29, 0.717) is 5.57 Å². The van der Waals surface area contributed by atoms with Gasteiger partial charge in [-0.25, -0.2) is 8.78 Å². The van der Waals surface area contributed by atoms with E-state index in [1.807, 2.05) is 72.8 Å². The molecule has 0 N–H and O–H groups in total. The minimum atomic E-state index is -2.90. The maximum Gasteiger partial charge on any atom is 0.252 e. The third kappa shape index (κ3) is 4.98. The van der Waals surface area contributed by atoms with Crippen molar-refractivity contribution in [3.63, 3.8) is 0 Å². The Balaban J connectivity index is 2.14. The van der Waals surface area contributed by atoms with Crippen molar-refractivity contribution in [3.05, 3.63) is 102 Å². The van der Waals surface area contributed by atoms with Crippen LogP contribution in [0.4, 0.5) is 8.78 Å². The van der Waals surface area contributed by atoms with E-state index in [1.165, 1.54) is 12.2 Å². The zero-order valence-corrected chi connectivity index (χ0v) is 17.2. The lowest BCUT2D eigenvalue weighted by Crippen LogP contribution is -2.35. The second-order valence-electron chi connectivity index (χ2n) is 7.86. The highest BCUT2D eigenvalue weighted by atomic mass is 19.3. The summed E-state index contributed by atoms with van der Waals surface area (Å²) in [6.45, 7) is 3.68. The minimum absolute atomic E-state index is 0.0951. The van der Waals surface area contributed by atoms with Gasteiger partial charge in [-0.1, -0.05) is 85.0 Å². The van der Waals surface area contributed by atoms with Crippen molar-refractivity contribution < 1.29 is 8.78 Å². The van der Waals surface area contributed by atoms with Gasteiger partial charge in [-0.05, 0) is 22.6 Å². The Bertz CT molecular complexity index is 1030. The average molecular weight is 414 g/mol. The third-order valence-electron chi connectivity index (χ3n) is 5.78. The second-order valence-corrected chi connectivity index (χ2v) is 7.86. The Morgan fingerprint density at radius 2 is 1.68 bits per heavy atom. The first-order valence-electron chi connectivity index (χ1n) is 10.2. The van der Waals surface area contributed by atoms with Crippen LogP contribution in [0.3, 0.4) is 0 Å². The normalized spacial score (nSPS) is 19.1. The van der Waals surface area contributed by atoms with Crippen molar-refractivity contribution in [1.82, 2.24) is 0 Å². The number of nitriles is 2. The number of benzene rings is 2. The molecule has 0 bridgehead atoms. The number of nitrogens with zero attached hydrogens (tertiary/aromatic N) is 2. The van der Waals surface area contributed by atoms with Gasteiger partial charge >= 0.3 is 0 Å². The molecule has 0 fully saturated rings. The molecule has 2 aromatic carbocycles. The molecule has 2 nitrogen and oxygen atoms in total. The van der Waals surface area contributed by atoms with E-state index < -0.39 is 36.0 Å². The summed E-state index contributed by atoms with van der Waals surface area (Å²) in [4.78, 5) is 0. The zero-order chi connectivity index (χ0) is 22.3. The molecule has 3 rings (SSSR count). The lowest BCUT2D eigenvalue weighted by atomic mass is 9.64. The van der Waals surface area contributed by atoms with Crippen molar-refractivity contribution in [2.45, 2.75) is 31.1 Å². The van der Waals surface area contributed by atoms with E-state index in [0.717, 1.165) is 11.1 Å². The predicted molar refractivity (Wildman–Crippen MR) is 119 cm³/mol. The molecule has 0 heterocycles. The smallest absolute Gasteiger partial charge is 0.207 e. The van der Waals surface area contributed by atoms with Crippen LogP contribution in [0.2, 0.25) is 0 Å². The molecule has 31 heavy (non-hydrogen) atoms. The summed E-state index contributed by atoms with van der Waals surface area (Å²) in [6.07, 6.45) is 5.96. The molecule has 2 aromatic rings. The molecule has 0 spiro atoms. The first kappa shape index (κ1) is 22.2. The summed E-state index contributed by atoms with van der Waals surface area (Å²) >= 11 is 0. The van der Waals surface area contributed by atoms with Gasteiger partial charge in [-0.15, -0.1) is 6.58 Å². The van der Waals surface area contributed by atoms with Gasteiger partial charge in [0.05, 0.1) is 12.1 Å². The van der Waals surface area contributed by atoms with Gasteiger partial charge in [-0.3, -0.25) is 0 Å².